The van der Waals surface area contributed by atoms with Crippen LogP contribution in [-0.2, 0) is 14.3 Å². The maximum absolute atomic E-state index is 12.4. The molecule has 0 spiro atoms. The fourth-order valence-corrected chi connectivity index (χ4v) is 3.16. The van der Waals surface area contributed by atoms with Crippen molar-refractivity contribution >= 4 is 23.3 Å². The molecule has 0 heterocycles. The number of nitrogens with one attached hydrogen (secondary N) is 1. The van der Waals surface area contributed by atoms with E-state index in [4.69, 9.17) is 9.47 Å². The second-order valence-electron chi connectivity index (χ2n) is 7.24. The van der Waals surface area contributed by atoms with Gasteiger partial charge >= 0.3 is 5.97 Å². The fraction of sp³-hybridized carbons (Fsp3) is 0.652. The minimum atomic E-state index is -0.435. The van der Waals surface area contributed by atoms with Crippen molar-refractivity contribution in [3.63, 3.8) is 0 Å². The molecule has 1 N–H and O–H groups in total. The third-order valence-electron chi connectivity index (χ3n) is 4.85. The molecule has 0 bridgehead atoms. The second-order valence-corrected chi connectivity index (χ2v) is 7.24. The van der Waals surface area contributed by atoms with Gasteiger partial charge < -0.3 is 19.7 Å². The summed E-state index contributed by atoms with van der Waals surface area (Å²) in [5.41, 5.74) is 1.75. The van der Waals surface area contributed by atoms with Gasteiger partial charge in [-0.2, -0.15) is 0 Å². The Morgan fingerprint density at radius 1 is 1.00 bits per heavy atom. The third kappa shape index (κ3) is 9.31. The van der Waals surface area contributed by atoms with Crippen molar-refractivity contribution in [1.82, 2.24) is 0 Å². The van der Waals surface area contributed by atoms with E-state index in [2.05, 4.69) is 12.2 Å². The molecule has 164 valence electrons. The van der Waals surface area contributed by atoms with Gasteiger partial charge in [-0.3, -0.25) is 4.79 Å². The molecule has 1 aromatic carbocycles. The topological polar surface area (TPSA) is 67.9 Å². The van der Waals surface area contributed by atoms with Crippen LogP contribution in [-0.4, -0.2) is 45.8 Å². The van der Waals surface area contributed by atoms with Crippen LogP contribution in [0.4, 0.5) is 11.4 Å². The van der Waals surface area contributed by atoms with Crippen LogP contribution in [0.3, 0.4) is 0 Å². The maximum Gasteiger partial charge on any atom is 0.340 e. The lowest BCUT2D eigenvalue weighted by Crippen LogP contribution is -2.31. The third-order valence-corrected chi connectivity index (χ3v) is 4.85. The van der Waals surface area contributed by atoms with Gasteiger partial charge in [-0.1, -0.05) is 51.9 Å². The first-order valence-corrected chi connectivity index (χ1v) is 10.9. The van der Waals surface area contributed by atoms with E-state index in [1.165, 1.54) is 57.0 Å². The predicted octanol–water partition coefficient (Wildman–Crippen LogP) is 5.03. The summed E-state index contributed by atoms with van der Waals surface area (Å²) in [7, 11) is 3.10. The number of anilines is 2. The SMILES string of the molecule is CCCCCCCCCCNc1ccc(N(C)C(=O)COC)c(C(=O)OCC)c1. The Kier molecular flexibility index (Phi) is 12.8. The summed E-state index contributed by atoms with van der Waals surface area (Å²) < 4.78 is 10.1. The smallest absolute Gasteiger partial charge is 0.340 e. The van der Waals surface area contributed by atoms with Crippen LogP contribution in [0.5, 0.6) is 0 Å². The summed E-state index contributed by atoms with van der Waals surface area (Å²) in [6.45, 7) is 5.10. The van der Waals surface area contributed by atoms with Crippen LogP contribution in [0.1, 0.15) is 75.6 Å². The number of esters is 1. The Bertz CT molecular complexity index is 619. The average Bonchev–Trinajstić information content (AvgIpc) is 2.72. The number of nitrogens with zero attached hydrogens (tertiary/aromatic N) is 1. The van der Waals surface area contributed by atoms with Gasteiger partial charge in [0.25, 0.3) is 5.91 Å². The highest BCUT2D eigenvalue weighted by Crippen LogP contribution is 2.25. The van der Waals surface area contributed by atoms with Crippen molar-refractivity contribution in [1.29, 1.82) is 0 Å². The van der Waals surface area contributed by atoms with E-state index in [0.717, 1.165) is 18.7 Å². The number of likely N-dealkylation sites (N-methyl/N-ethyl adjacent to an activating group) is 1. The lowest BCUT2D eigenvalue weighted by Gasteiger charge is -2.21. The highest BCUT2D eigenvalue weighted by atomic mass is 16.5. The van der Waals surface area contributed by atoms with Gasteiger partial charge in [0.2, 0.25) is 0 Å². The van der Waals surface area contributed by atoms with Gasteiger partial charge in [-0.25, -0.2) is 4.79 Å². The maximum atomic E-state index is 12.4. The zero-order chi connectivity index (χ0) is 21.5. The lowest BCUT2D eigenvalue weighted by molar-refractivity contribution is -0.121. The van der Waals surface area contributed by atoms with Crippen LogP contribution < -0.4 is 10.2 Å². The van der Waals surface area contributed by atoms with Gasteiger partial charge in [-0.05, 0) is 31.5 Å². The van der Waals surface area contributed by atoms with Crippen molar-refractivity contribution in [2.75, 3.05) is 44.1 Å². The normalized spacial score (nSPS) is 10.6. The number of methoxy groups -OCH3 is 1. The first-order chi connectivity index (χ1) is 14.0. The number of amides is 1. The monoisotopic (exact) mass is 406 g/mol. The molecule has 6 nitrogen and oxygen atoms in total. The van der Waals surface area contributed by atoms with Crippen LogP contribution in [0, 0.1) is 0 Å². The number of hydrogen-bond donors (Lipinski definition) is 1. The first kappa shape index (κ1) is 25.0. The number of rotatable bonds is 15. The van der Waals surface area contributed by atoms with Crippen LogP contribution >= 0.6 is 0 Å². The van der Waals surface area contributed by atoms with E-state index in [0.29, 0.717) is 11.3 Å². The van der Waals surface area contributed by atoms with E-state index in [9.17, 15) is 9.59 Å². The molecule has 0 radical (unpaired) electrons. The Labute approximate surface area is 175 Å². The zero-order valence-electron chi connectivity index (χ0n) is 18.6. The Morgan fingerprint density at radius 2 is 1.66 bits per heavy atom. The van der Waals surface area contributed by atoms with Crippen LogP contribution in [0.25, 0.3) is 0 Å². The quantitative estimate of drug-likeness (QED) is 0.327. The largest absolute Gasteiger partial charge is 0.462 e. The molecule has 1 aromatic rings. The summed E-state index contributed by atoms with van der Waals surface area (Å²) in [6.07, 6.45) is 10.2. The molecule has 0 fully saturated rings. The van der Waals surface area contributed by atoms with Crippen molar-refractivity contribution in [3.8, 4) is 0 Å². The minimum absolute atomic E-state index is 0.0444. The molecular formula is C23H38N2O4. The Hall–Kier alpha value is -2.08. The number of benzene rings is 1. The minimum Gasteiger partial charge on any atom is -0.462 e. The summed E-state index contributed by atoms with van der Waals surface area (Å²) in [4.78, 5) is 26.0. The summed E-state index contributed by atoms with van der Waals surface area (Å²) in [5.74, 6) is -0.659. The number of carbonyl (C=O) groups excluding carboxylic acids is 2. The van der Waals surface area contributed by atoms with Crippen molar-refractivity contribution in [2.24, 2.45) is 0 Å². The molecular weight excluding hydrogens is 368 g/mol. The molecule has 6 heteroatoms. The number of hydrogen-bond acceptors (Lipinski definition) is 5. The Balaban J connectivity index is 2.62. The van der Waals surface area contributed by atoms with Gasteiger partial charge in [0.15, 0.2) is 0 Å². The van der Waals surface area contributed by atoms with E-state index >= 15 is 0 Å². The van der Waals surface area contributed by atoms with Crippen LogP contribution in [0.2, 0.25) is 0 Å². The van der Waals surface area contributed by atoms with Crippen molar-refractivity contribution in [3.05, 3.63) is 23.8 Å². The van der Waals surface area contributed by atoms with Gasteiger partial charge in [0, 0.05) is 26.4 Å². The summed E-state index contributed by atoms with van der Waals surface area (Å²) in [5, 5.41) is 3.38. The zero-order valence-corrected chi connectivity index (χ0v) is 18.6. The fourth-order valence-electron chi connectivity index (χ4n) is 3.16. The van der Waals surface area contributed by atoms with Gasteiger partial charge in [-0.15, -0.1) is 0 Å². The molecule has 0 aliphatic rings. The molecule has 0 unspecified atom stereocenters. The molecule has 0 aromatic heterocycles. The van der Waals surface area contributed by atoms with E-state index in [1.54, 1.807) is 26.1 Å². The molecule has 1 rings (SSSR count). The lowest BCUT2D eigenvalue weighted by atomic mass is 10.1. The number of unbranched alkanes of at least 4 members (excludes halogenated alkanes) is 7. The molecule has 0 aliphatic heterocycles. The highest BCUT2D eigenvalue weighted by Gasteiger charge is 2.20. The number of ether oxygens (including phenoxy) is 2. The first-order valence-electron chi connectivity index (χ1n) is 10.9. The van der Waals surface area contributed by atoms with Gasteiger partial charge in [0.05, 0.1) is 17.9 Å². The molecule has 0 aliphatic carbocycles. The molecule has 0 saturated heterocycles. The summed E-state index contributed by atoms with van der Waals surface area (Å²) in [6, 6.07) is 5.42. The molecule has 0 saturated carbocycles. The van der Waals surface area contributed by atoms with E-state index < -0.39 is 5.97 Å². The predicted molar refractivity (Wildman–Crippen MR) is 119 cm³/mol. The van der Waals surface area contributed by atoms with E-state index in [-0.39, 0.29) is 19.1 Å². The Morgan fingerprint density at radius 3 is 2.28 bits per heavy atom. The molecule has 0 atom stereocenters. The van der Waals surface area contributed by atoms with Crippen LogP contribution in [0.15, 0.2) is 18.2 Å². The molecule has 29 heavy (non-hydrogen) atoms. The van der Waals surface area contributed by atoms with Crippen molar-refractivity contribution < 1.29 is 19.1 Å². The summed E-state index contributed by atoms with van der Waals surface area (Å²) >= 11 is 0. The standard InChI is InChI=1S/C23H38N2O4/c1-5-7-8-9-10-11-12-13-16-24-19-14-15-21(25(3)22(26)18-28-4)20(17-19)23(27)29-6-2/h14-15,17,24H,5-13,16,18H2,1-4H3. The van der Waals surface area contributed by atoms with Crippen molar-refractivity contribution in [2.45, 2.75) is 65.2 Å². The van der Waals surface area contributed by atoms with Gasteiger partial charge in [0.1, 0.15) is 6.61 Å². The second kappa shape index (κ2) is 14.9. The highest BCUT2D eigenvalue weighted by molar-refractivity contribution is 6.03. The molecule has 1 amide bonds. The number of carbonyl (C=O) groups is 2. The van der Waals surface area contributed by atoms with E-state index in [1.807, 2.05) is 6.07 Å². The average molecular weight is 407 g/mol.